The fourth-order valence-corrected chi connectivity index (χ4v) is 5.42. The Balaban J connectivity index is 1.40. The molecule has 186 valence electrons. The third-order valence-corrected chi connectivity index (χ3v) is 7.48. The number of thiophene rings is 1. The molecular weight excluding hydrogens is 514 g/mol. The fraction of sp³-hybridized carbons (Fsp3) is 0.0345. The van der Waals surface area contributed by atoms with Gasteiger partial charge in [-0.25, -0.2) is 4.68 Å². The second kappa shape index (κ2) is 10.4. The first kappa shape index (κ1) is 23.8. The lowest BCUT2D eigenvalue weighted by atomic mass is 10.1. The van der Waals surface area contributed by atoms with Gasteiger partial charge in [-0.1, -0.05) is 48.3 Å². The highest BCUT2D eigenvalue weighted by atomic mass is 32.1. The average Bonchev–Trinajstić information content (AvgIpc) is 3.74. The second-order valence-corrected chi connectivity index (χ2v) is 10.3. The van der Waals surface area contributed by atoms with Crippen molar-refractivity contribution in [3.05, 3.63) is 122 Å². The zero-order valence-electron chi connectivity index (χ0n) is 20.1. The number of para-hydroxylation sites is 1. The van der Waals surface area contributed by atoms with Crippen LogP contribution in [0.3, 0.4) is 0 Å². The molecule has 0 unspecified atom stereocenters. The summed E-state index contributed by atoms with van der Waals surface area (Å²) < 4.78 is 9.34. The Morgan fingerprint density at radius 3 is 2.55 bits per heavy atom. The van der Waals surface area contributed by atoms with Gasteiger partial charge >= 0.3 is 0 Å². The van der Waals surface area contributed by atoms with E-state index < -0.39 is 0 Å². The predicted octanol–water partition coefficient (Wildman–Crippen LogP) is 5.35. The molecular formula is C29H21N5O2S2. The van der Waals surface area contributed by atoms with Crippen molar-refractivity contribution in [2.45, 2.75) is 0 Å². The zero-order chi connectivity index (χ0) is 25.9. The predicted molar refractivity (Wildman–Crippen MR) is 154 cm³/mol. The molecule has 4 heterocycles. The van der Waals surface area contributed by atoms with E-state index >= 15 is 0 Å². The highest BCUT2D eigenvalue weighted by Gasteiger charge is 2.14. The molecule has 0 aliphatic carbocycles. The van der Waals surface area contributed by atoms with E-state index in [2.05, 4.69) is 16.7 Å². The van der Waals surface area contributed by atoms with Crippen molar-refractivity contribution in [3.63, 3.8) is 0 Å². The molecule has 6 rings (SSSR count). The zero-order valence-corrected chi connectivity index (χ0v) is 21.7. The molecule has 0 aliphatic rings. The number of hydrogen-bond donors (Lipinski definition) is 0. The quantitative estimate of drug-likeness (QED) is 0.246. The van der Waals surface area contributed by atoms with Gasteiger partial charge in [0.1, 0.15) is 18.1 Å². The molecule has 0 atom stereocenters. The molecule has 6 aromatic rings. The fourth-order valence-electron chi connectivity index (χ4n) is 3.90. The first-order valence-electron chi connectivity index (χ1n) is 11.8. The summed E-state index contributed by atoms with van der Waals surface area (Å²) in [6, 6.07) is 21.6. The smallest absolute Gasteiger partial charge is 0.291 e. The summed E-state index contributed by atoms with van der Waals surface area (Å²) in [5.74, 6) is 1.25. The SMILES string of the molecule is C=CCOc1ccc(-c2nn(-c3ccccc3)cc2/C=c2\sc3nc(/C=C/c4cccs4)nn3c2=O)cc1. The van der Waals surface area contributed by atoms with Crippen LogP contribution in [0.1, 0.15) is 16.3 Å². The van der Waals surface area contributed by atoms with Gasteiger partial charge in [0.2, 0.25) is 4.96 Å². The monoisotopic (exact) mass is 535 g/mol. The lowest BCUT2D eigenvalue weighted by Crippen LogP contribution is -2.23. The van der Waals surface area contributed by atoms with Crippen LogP contribution in [-0.2, 0) is 0 Å². The number of thiazole rings is 1. The van der Waals surface area contributed by atoms with Crippen LogP contribution in [-0.4, -0.2) is 31.0 Å². The third-order valence-electron chi connectivity index (χ3n) is 5.68. The molecule has 2 aromatic carbocycles. The van der Waals surface area contributed by atoms with Gasteiger partial charge in [0.15, 0.2) is 5.82 Å². The average molecular weight is 536 g/mol. The Morgan fingerprint density at radius 2 is 1.82 bits per heavy atom. The molecule has 7 nitrogen and oxygen atoms in total. The van der Waals surface area contributed by atoms with Crippen LogP contribution < -0.4 is 14.8 Å². The van der Waals surface area contributed by atoms with Gasteiger partial charge in [-0.3, -0.25) is 4.79 Å². The highest BCUT2D eigenvalue weighted by Crippen LogP contribution is 2.26. The van der Waals surface area contributed by atoms with Crippen molar-refractivity contribution in [1.82, 2.24) is 24.4 Å². The molecule has 0 saturated carbocycles. The summed E-state index contributed by atoms with van der Waals surface area (Å²) >= 11 is 2.94. The minimum absolute atomic E-state index is 0.208. The first-order chi connectivity index (χ1) is 18.7. The Morgan fingerprint density at radius 1 is 0.974 bits per heavy atom. The van der Waals surface area contributed by atoms with E-state index in [1.807, 2.05) is 101 Å². The summed E-state index contributed by atoms with van der Waals surface area (Å²) in [6.45, 7) is 4.12. The van der Waals surface area contributed by atoms with Gasteiger partial charge in [-0.15, -0.1) is 16.4 Å². The minimum Gasteiger partial charge on any atom is -0.490 e. The number of ether oxygens (including phenoxy) is 1. The van der Waals surface area contributed by atoms with Crippen LogP contribution >= 0.6 is 22.7 Å². The normalized spacial score (nSPS) is 12.1. The minimum atomic E-state index is -0.208. The second-order valence-electron chi connectivity index (χ2n) is 8.27. The van der Waals surface area contributed by atoms with Crippen molar-refractivity contribution >= 4 is 45.9 Å². The maximum absolute atomic E-state index is 13.2. The lowest BCUT2D eigenvalue weighted by Gasteiger charge is -2.04. The van der Waals surface area contributed by atoms with Gasteiger partial charge in [0.25, 0.3) is 5.56 Å². The first-order valence-corrected chi connectivity index (χ1v) is 13.5. The van der Waals surface area contributed by atoms with Crippen molar-refractivity contribution < 1.29 is 4.74 Å². The largest absolute Gasteiger partial charge is 0.490 e. The van der Waals surface area contributed by atoms with E-state index in [4.69, 9.17) is 9.84 Å². The number of rotatable bonds is 8. The van der Waals surface area contributed by atoms with E-state index in [0.717, 1.165) is 33.1 Å². The van der Waals surface area contributed by atoms with Crippen LogP contribution in [0.25, 0.3) is 40.1 Å². The van der Waals surface area contributed by atoms with Gasteiger partial charge in [0, 0.05) is 22.2 Å². The number of aromatic nitrogens is 5. The molecule has 0 bridgehead atoms. The van der Waals surface area contributed by atoms with E-state index in [-0.39, 0.29) is 5.56 Å². The van der Waals surface area contributed by atoms with Gasteiger partial charge in [-0.2, -0.15) is 14.6 Å². The highest BCUT2D eigenvalue weighted by molar-refractivity contribution is 7.15. The molecule has 0 fully saturated rings. The number of benzene rings is 2. The van der Waals surface area contributed by atoms with E-state index in [9.17, 15) is 4.79 Å². The lowest BCUT2D eigenvalue weighted by molar-refractivity contribution is 0.363. The molecule has 38 heavy (non-hydrogen) atoms. The standard InChI is InChI=1S/C29H21N5O2S2/c1-2-16-36-23-12-10-20(11-13-23)27-21(19-33(32-27)22-7-4-3-5-8-22)18-25-28(35)34-29(38-25)30-26(31-34)15-14-24-9-6-17-37-24/h2-15,17-19H,1,16H2/b15-14+,25-18-. The molecule has 9 heteroatoms. The van der Waals surface area contributed by atoms with Gasteiger partial charge in [-0.05, 0) is 66.1 Å². The van der Waals surface area contributed by atoms with Crippen molar-refractivity contribution in [3.8, 4) is 22.7 Å². The molecule has 4 aromatic heterocycles. The summed E-state index contributed by atoms with van der Waals surface area (Å²) in [7, 11) is 0. The number of nitrogens with zero attached hydrogens (tertiary/aromatic N) is 5. The van der Waals surface area contributed by atoms with Crippen molar-refractivity contribution in [2.75, 3.05) is 6.61 Å². The Kier molecular flexibility index (Phi) is 6.51. The topological polar surface area (TPSA) is 74.3 Å². The molecule has 0 spiro atoms. The third kappa shape index (κ3) is 4.84. The van der Waals surface area contributed by atoms with E-state index in [0.29, 0.717) is 21.9 Å². The van der Waals surface area contributed by atoms with Crippen LogP contribution in [0.2, 0.25) is 0 Å². The van der Waals surface area contributed by atoms with Crippen LogP contribution in [0.5, 0.6) is 5.75 Å². The van der Waals surface area contributed by atoms with Crippen LogP contribution in [0.4, 0.5) is 0 Å². The summed E-state index contributed by atoms with van der Waals surface area (Å²) in [6.07, 6.45) is 9.25. The maximum Gasteiger partial charge on any atom is 0.291 e. The summed E-state index contributed by atoms with van der Waals surface area (Å²) in [4.78, 5) is 19.4. The molecule has 0 aliphatic heterocycles. The Hall–Kier alpha value is -4.60. The molecule has 0 N–H and O–H groups in total. The van der Waals surface area contributed by atoms with Crippen LogP contribution in [0.15, 0.2) is 95.8 Å². The number of hydrogen-bond acceptors (Lipinski definition) is 7. The van der Waals surface area contributed by atoms with E-state index in [1.54, 1.807) is 17.4 Å². The maximum atomic E-state index is 13.2. The van der Waals surface area contributed by atoms with Crippen molar-refractivity contribution in [1.29, 1.82) is 0 Å². The molecule has 0 amide bonds. The Labute approximate surface area is 225 Å². The Bertz CT molecular complexity index is 1850. The van der Waals surface area contributed by atoms with Crippen LogP contribution in [0, 0.1) is 0 Å². The van der Waals surface area contributed by atoms with Gasteiger partial charge < -0.3 is 4.74 Å². The summed E-state index contributed by atoms with van der Waals surface area (Å²) in [5.41, 5.74) is 3.19. The van der Waals surface area contributed by atoms with E-state index in [1.165, 1.54) is 15.9 Å². The molecule has 0 saturated heterocycles. The van der Waals surface area contributed by atoms with Crippen molar-refractivity contribution in [2.24, 2.45) is 0 Å². The summed E-state index contributed by atoms with van der Waals surface area (Å²) in [5, 5.41) is 11.3. The van der Waals surface area contributed by atoms with Gasteiger partial charge in [0.05, 0.1) is 10.2 Å². The molecule has 0 radical (unpaired) electrons. The number of fused-ring (bicyclic) bond motifs is 1.